The van der Waals surface area contributed by atoms with E-state index in [1.807, 2.05) is 14.0 Å². The van der Waals surface area contributed by atoms with Crippen LogP contribution in [0.15, 0.2) is 6.20 Å². The quantitative estimate of drug-likeness (QED) is 0.765. The third-order valence-electron chi connectivity index (χ3n) is 2.63. The molecule has 0 saturated carbocycles. The molecule has 17 heavy (non-hydrogen) atoms. The summed E-state index contributed by atoms with van der Waals surface area (Å²) in [6.45, 7) is 3.77. The van der Waals surface area contributed by atoms with E-state index in [2.05, 4.69) is 10.1 Å². The number of methoxy groups -OCH3 is 1. The summed E-state index contributed by atoms with van der Waals surface area (Å²) >= 11 is 1.33. The summed E-state index contributed by atoms with van der Waals surface area (Å²) in [4.78, 5) is 16.4. The van der Waals surface area contributed by atoms with E-state index in [0.717, 1.165) is 16.3 Å². The lowest BCUT2D eigenvalue weighted by molar-refractivity contribution is 0.0605. The Hall–Kier alpha value is -1.69. The summed E-state index contributed by atoms with van der Waals surface area (Å²) in [6.07, 6.45) is 1.76. The minimum absolute atomic E-state index is 0.340. The first kappa shape index (κ1) is 11.8. The summed E-state index contributed by atoms with van der Waals surface area (Å²) < 4.78 is 6.49. The number of esters is 1. The predicted molar refractivity (Wildman–Crippen MR) is 65.1 cm³/mol. The molecule has 2 aromatic rings. The van der Waals surface area contributed by atoms with Crippen LogP contribution in [0.5, 0.6) is 0 Å². The largest absolute Gasteiger partial charge is 0.465 e. The normalized spacial score (nSPS) is 10.6. The zero-order chi connectivity index (χ0) is 12.6. The maximum absolute atomic E-state index is 11.5. The van der Waals surface area contributed by atoms with Crippen molar-refractivity contribution in [2.75, 3.05) is 7.11 Å². The van der Waals surface area contributed by atoms with Gasteiger partial charge in [0.15, 0.2) is 0 Å². The van der Waals surface area contributed by atoms with E-state index in [4.69, 9.17) is 4.74 Å². The fourth-order valence-corrected chi connectivity index (χ4v) is 2.55. The van der Waals surface area contributed by atoms with Crippen molar-refractivity contribution in [3.05, 3.63) is 22.5 Å². The Labute approximate surface area is 103 Å². The van der Waals surface area contributed by atoms with E-state index < -0.39 is 0 Å². The number of thiazole rings is 1. The molecule has 0 spiro atoms. The molecule has 0 amide bonds. The monoisotopic (exact) mass is 251 g/mol. The molecular formula is C11H13N3O2S. The fraction of sp³-hybridized carbons (Fsp3) is 0.364. The Morgan fingerprint density at radius 1 is 1.47 bits per heavy atom. The third-order valence-corrected chi connectivity index (χ3v) is 3.80. The highest BCUT2D eigenvalue weighted by Crippen LogP contribution is 2.30. The number of ether oxygens (including phenoxy) is 1. The van der Waals surface area contributed by atoms with Crippen molar-refractivity contribution in [1.29, 1.82) is 0 Å². The van der Waals surface area contributed by atoms with Crippen molar-refractivity contribution in [3.8, 4) is 10.6 Å². The molecule has 0 atom stereocenters. The number of nitrogens with zero attached hydrogens (tertiary/aromatic N) is 3. The molecule has 5 nitrogen and oxygen atoms in total. The van der Waals surface area contributed by atoms with Crippen LogP contribution in [0.1, 0.15) is 21.1 Å². The molecule has 2 heterocycles. The van der Waals surface area contributed by atoms with Gasteiger partial charge >= 0.3 is 5.97 Å². The summed E-state index contributed by atoms with van der Waals surface area (Å²) in [6, 6.07) is 0. The molecule has 0 N–H and O–H groups in total. The molecular weight excluding hydrogens is 238 g/mol. The van der Waals surface area contributed by atoms with Gasteiger partial charge in [0.1, 0.15) is 9.88 Å². The zero-order valence-corrected chi connectivity index (χ0v) is 11.0. The van der Waals surface area contributed by atoms with Crippen LogP contribution >= 0.6 is 11.3 Å². The number of rotatable bonds is 2. The van der Waals surface area contributed by atoms with Crippen molar-refractivity contribution in [1.82, 2.24) is 14.8 Å². The first-order valence-corrected chi connectivity index (χ1v) is 5.91. The molecule has 0 aromatic carbocycles. The van der Waals surface area contributed by atoms with Gasteiger partial charge in [0.2, 0.25) is 0 Å². The van der Waals surface area contributed by atoms with Crippen molar-refractivity contribution in [2.24, 2.45) is 7.05 Å². The average Bonchev–Trinajstić information content (AvgIpc) is 2.83. The van der Waals surface area contributed by atoms with E-state index in [-0.39, 0.29) is 5.97 Å². The molecule has 0 aliphatic rings. The Balaban J connectivity index is 2.48. The van der Waals surface area contributed by atoms with Gasteiger partial charge < -0.3 is 4.74 Å². The number of aromatic nitrogens is 3. The molecule has 0 saturated heterocycles. The molecule has 0 aliphatic carbocycles. The number of carbonyl (C=O) groups excluding carboxylic acids is 1. The number of aryl methyl sites for hydroxylation is 2. The Kier molecular flexibility index (Phi) is 2.97. The van der Waals surface area contributed by atoms with Crippen LogP contribution < -0.4 is 0 Å². The van der Waals surface area contributed by atoms with Crippen molar-refractivity contribution < 1.29 is 9.53 Å². The topological polar surface area (TPSA) is 57.0 Å². The van der Waals surface area contributed by atoms with Gasteiger partial charge in [-0.05, 0) is 13.8 Å². The highest BCUT2D eigenvalue weighted by molar-refractivity contribution is 7.17. The van der Waals surface area contributed by atoms with Gasteiger partial charge in [-0.15, -0.1) is 11.3 Å². The Morgan fingerprint density at radius 3 is 2.71 bits per heavy atom. The molecule has 0 fully saturated rings. The molecule has 6 heteroatoms. The summed E-state index contributed by atoms with van der Waals surface area (Å²) in [7, 11) is 3.25. The summed E-state index contributed by atoms with van der Waals surface area (Å²) in [5, 5.41) is 4.96. The van der Waals surface area contributed by atoms with Crippen LogP contribution in [0, 0.1) is 13.8 Å². The van der Waals surface area contributed by atoms with Gasteiger partial charge in [0.25, 0.3) is 0 Å². The van der Waals surface area contributed by atoms with Crippen LogP contribution in [-0.2, 0) is 11.8 Å². The maximum atomic E-state index is 11.5. The smallest absolute Gasteiger partial charge is 0.349 e. The maximum Gasteiger partial charge on any atom is 0.349 e. The lowest BCUT2D eigenvalue weighted by Gasteiger charge is -1.95. The van der Waals surface area contributed by atoms with Crippen molar-refractivity contribution in [2.45, 2.75) is 13.8 Å². The lowest BCUT2D eigenvalue weighted by atomic mass is 10.3. The number of hydrogen-bond acceptors (Lipinski definition) is 5. The molecule has 0 unspecified atom stereocenters. The van der Waals surface area contributed by atoms with Gasteiger partial charge in [0, 0.05) is 12.7 Å². The molecule has 2 rings (SSSR count). The molecule has 0 aliphatic heterocycles. The second-order valence-electron chi connectivity index (χ2n) is 3.69. The second-order valence-corrected chi connectivity index (χ2v) is 4.69. The third kappa shape index (κ3) is 1.95. The van der Waals surface area contributed by atoms with Crippen LogP contribution in [0.2, 0.25) is 0 Å². The first-order chi connectivity index (χ1) is 8.04. The van der Waals surface area contributed by atoms with E-state index in [0.29, 0.717) is 10.6 Å². The van der Waals surface area contributed by atoms with Crippen LogP contribution in [0.4, 0.5) is 0 Å². The molecule has 90 valence electrons. The second kappa shape index (κ2) is 4.29. The van der Waals surface area contributed by atoms with Gasteiger partial charge in [-0.1, -0.05) is 0 Å². The standard InChI is InChI=1S/C11H13N3O2S/c1-6-9(11(15)16-4)17-10(13-6)8-5-12-14(3)7(8)2/h5H,1-4H3. The number of carbonyl (C=O) groups is 1. The van der Waals surface area contributed by atoms with Crippen LogP contribution in [-0.4, -0.2) is 27.8 Å². The fourth-order valence-electron chi connectivity index (χ4n) is 1.50. The SMILES string of the molecule is COC(=O)c1sc(-c2cnn(C)c2C)nc1C. The van der Waals surface area contributed by atoms with Gasteiger partial charge in [-0.25, -0.2) is 9.78 Å². The minimum atomic E-state index is -0.340. The summed E-state index contributed by atoms with van der Waals surface area (Å²) in [5.74, 6) is -0.340. The van der Waals surface area contributed by atoms with Crippen LogP contribution in [0.25, 0.3) is 10.6 Å². The van der Waals surface area contributed by atoms with E-state index in [1.165, 1.54) is 18.4 Å². The zero-order valence-electron chi connectivity index (χ0n) is 10.1. The van der Waals surface area contributed by atoms with Crippen molar-refractivity contribution in [3.63, 3.8) is 0 Å². The van der Waals surface area contributed by atoms with E-state index >= 15 is 0 Å². The van der Waals surface area contributed by atoms with E-state index in [9.17, 15) is 4.79 Å². The molecule has 2 aromatic heterocycles. The van der Waals surface area contributed by atoms with Gasteiger partial charge in [0.05, 0.1) is 24.6 Å². The number of hydrogen-bond donors (Lipinski definition) is 0. The average molecular weight is 251 g/mol. The van der Waals surface area contributed by atoms with Gasteiger partial charge in [-0.2, -0.15) is 5.10 Å². The molecule has 0 radical (unpaired) electrons. The van der Waals surface area contributed by atoms with Gasteiger partial charge in [-0.3, -0.25) is 4.68 Å². The lowest BCUT2D eigenvalue weighted by Crippen LogP contribution is -1.99. The van der Waals surface area contributed by atoms with Crippen molar-refractivity contribution >= 4 is 17.3 Å². The highest BCUT2D eigenvalue weighted by atomic mass is 32.1. The summed E-state index contributed by atoms with van der Waals surface area (Å²) in [5.41, 5.74) is 2.67. The van der Waals surface area contributed by atoms with Crippen LogP contribution in [0.3, 0.4) is 0 Å². The highest BCUT2D eigenvalue weighted by Gasteiger charge is 2.18. The van der Waals surface area contributed by atoms with E-state index in [1.54, 1.807) is 17.8 Å². The Morgan fingerprint density at radius 2 is 2.18 bits per heavy atom. The first-order valence-electron chi connectivity index (χ1n) is 5.09. The molecule has 0 bridgehead atoms. The Bertz CT molecular complexity index is 571. The predicted octanol–water partition coefficient (Wildman–Crippen LogP) is 1.95. The minimum Gasteiger partial charge on any atom is -0.465 e.